The second-order valence-electron chi connectivity index (χ2n) is 5.40. The molecule has 0 bridgehead atoms. The number of carbonyl (C=O) groups excluding carboxylic acids is 2. The predicted octanol–water partition coefficient (Wildman–Crippen LogP) is 1.71. The molecule has 5 heteroatoms. The van der Waals surface area contributed by atoms with Gasteiger partial charge in [0.2, 0.25) is 0 Å². The minimum atomic E-state index is -0.453. The van der Waals surface area contributed by atoms with Gasteiger partial charge in [0.05, 0.1) is 0 Å². The highest BCUT2D eigenvalue weighted by Gasteiger charge is 2.07. The van der Waals surface area contributed by atoms with Crippen molar-refractivity contribution in [3.63, 3.8) is 0 Å². The fourth-order valence-corrected chi connectivity index (χ4v) is 1.86. The molecule has 116 valence electrons. The van der Waals surface area contributed by atoms with Crippen LogP contribution in [0.15, 0.2) is 24.3 Å². The number of rotatable bonds is 8. The van der Waals surface area contributed by atoms with Crippen LogP contribution in [-0.4, -0.2) is 50.9 Å². The van der Waals surface area contributed by atoms with Crippen LogP contribution in [-0.2, 0) is 20.9 Å². The van der Waals surface area contributed by atoms with E-state index in [1.165, 1.54) is 18.2 Å². The molecule has 1 aromatic carbocycles. The Labute approximate surface area is 126 Å². The van der Waals surface area contributed by atoms with E-state index in [9.17, 15) is 9.59 Å². The van der Waals surface area contributed by atoms with Crippen molar-refractivity contribution < 1.29 is 14.3 Å². The van der Waals surface area contributed by atoms with Crippen molar-refractivity contribution in [1.82, 2.24) is 4.90 Å². The van der Waals surface area contributed by atoms with E-state index in [1.807, 2.05) is 21.1 Å². The van der Waals surface area contributed by atoms with E-state index in [0.29, 0.717) is 13.2 Å². The summed E-state index contributed by atoms with van der Waals surface area (Å²) in [7, 11) is 5.99. The Kier molecular flexibility index (Phi) is 6.88. The van der Waals surface area contributed by atoms with E-state index in [4.69, 9.17) is 4.74 Å². The molecule has 0 aliphatic carbocycles. The van der Waals surface area contributed by atoms with Crippen molar-refractivity contribution in [1.29, 1.82) is 0 Å². The second-order valence-corrected chi connectivity index (χ2v) is 5.40. The van der Waals surface area contributed by atoms with Crippen molar-refractivity contribution in [3.05, 3.63) is 29.8 Å². The standard InChI is InChI=1S/C16H24N2O3/c1-13(19)11-16(20)21-10-9-18(4)12-14-5-7-15(8-6-14)17(2)3/h5-8H,9-12H2,1-4H3. The molecule has 0 radical (unpaired) electrons. The molecule has 5 nitrogen and oxygen atoms in total. The lowest BCUT2D eigenvalue weighted by atomic mass is 10.2. The molecule has 0 aliphatic heterocycles. The number of ether oxygens (including phenoxy) is 1. The fraction of sp³-hybridized carbons (Fsp3) is 0.500. The molecule has 0 atom stereocenters. The molecular weight excluding hydrogens is 268 g/mol. The molecular formula is C16H24N2O3. The summed E-state index contributed by atoms with van der Waals surface area (Å²) in [4.78, 5) is 26.1. The average Bonchev–Trinajstić information content (AvgIpc) is 2.38. The number of likely N-dealkylation sites (N-methyl/N-ethyl adjacent to an activating group) is 1. The third kappa shape index (κ3) is 6.90. The Balaban J connectivity index is 2.31. The number of anilines is 1. The minimum absolute atomic E-state index is 0.143. The van der Waals surface area contributed by atoms with Crippen LogP contribution in [0.25, 0.3) is 0 Å². The molecule has 0 aliphatic rings. The molecule has 0 N–H and O–H groups in total. The highest BCUT2D eigenvalue weighted by molar-refractivity contribution is 5.94. The Morgan fingerprint density at radius 3 is 2.24 bits per heavy atom. The average molecular weight is 292 g/mol. The van der Waals surface area contributed by atoms with Gasteiger partial charge in [0, 0.05) is 32.9 Å². The van der Waals surface area contributed by atoms with E-state index in [0.717, 1.165) is 6.54 Å². The summed E-state index contributed by atoms with van der Waals surface area (Å²) in [5.74, 6) is -0.624. The summed E-state index contributed by atoms with van der Waals surface area (Å²) in [6, 6.07) is 8.34. The Morgan fingerprint density at radius 1 is 1.10 bits per heavy atom. The van der Waals surface area contributed by atoms with Gasteiger partial charge in [0.1, 0.15) is 18.8 Å². The van der Waals surface area contributed by atoms with Crippen LogP contribution in [0.3, 0.4) is 0 Å². The van der Waals surface area contributed by atoms with Gasteiger partial charge in [-0.2, -0.15) is 0 Å². The predicted molar refractivity (Wildman–Crippen MR) is 83.4 cm³/mol. The highest BCUT2D eigenvalue weighted by Crippen LogP contribution is 2.13. The van der Waals surface area contributed by atoms with Crippen molar-refractivity contribution in [2.24, 2.45) is 0 Å². The summed E-state index contributed by atoms with van der Waals surface area (Å²) in [6.45, 7) is 3.11. The quantitative estimate of drug-likeness (QED) is 0.539. The van der Waals surface area contributed by atoms with E-state index < -0.39 is 5.97 Å². The number of ketones is 1. The number of esters is 1. The second kappa shape index (κ2) is 8.42. The van der Waals surface area contributed by atoms with Crippen LogP contribution in [0.1, 0.15) is 18.9 Å². The highest BCUT2D eigenvalue weighted by atomic mass is 16.5. The first-order chi connectivity index (χ1) is 9.88. The van der Waals surface area contributed by atoms with Crippen LogP contribution in [0.5, 0.6) is 0 Å². The number of Topliss-reactive ketones (excluding diaryl/α,β-unsaturated/α-hetero) is 1. The van der Waals surface area contributed by atoms with E-state index in [2.05, 4.69) is 34.1 Å². The number of benzene rings is 1. The van der Waals surface area contributed by atoms with Crippen LogP contribution in [0, 0.1) is 0 Å². The molecule has 1 aromatic rings. The van der Waals surface area contributed by atoms with Gasteiger partial charge < -0.3 is 9.64 Å². The smallest absolute Gasteiger partial charge is 0.313 e. The maximum absolute atomic E-state index is 11.2. The summed E-state index contributed by atoms with van der Waals surface area (Å²) >= 11 is 0. The van der Waals surface area contributed by atoms with Gasteiger partial charge in [-0.15, -0.1) is 0 Å². The minimum Gasteiger partial charge on any atom is -0.464 e. The fourth-order valence-electron chi connectivity index (χ4n) is 1.86. The Hall–Kier alpha value is -1.88. The van der Waals surface area contributed by atoms with Crippen molar-refractivity contribution in [2.75, 3.05) is 39.2 Å². The summed E-state index contributed by atoms with van der Waals surface area (Å²) in [6.07, 6.45) is -0.143. The Bertz CT molecular complexity index is 469. The lowest BCUT2D eigenvalue weighted by Crippen LogP contribution is -2.24. The van der Waals surface area contributed by atoms with Gasteiger partial charge in [0.15, 0.2) is 0 Å². The van der Waals surface area contributed by atoms with E-state index in [1.54, 1.807) is 0 Å². The molecule has 1 rings (SSSR count). The van der Waals surface area contributed by atoms with E-state index in [-0.39, 0.29) is 12.2 Å². The molecule has 0 saturated heterocycles. The van der Waals surface area contributed by atoms with Gasteiger partial charge >= 0.3 is 5.97 Å². The largest absolute Gasteiger partial charge is 0.464 e. The summed E-state index contributed by atoms with van der Waals surface area (Å²) in [5.41, 5.74) is 2.37. The van der Waals surface area contributed by atoms with Crippen LogP contribution in [0.4, 0.5) is 5.69 Å². The van der Waals surface area contributed by atoms with E-state index >= 15 is 0 Å². The SMILES string of the molecule is CC(=O)CC(=O)OCCN(C)Cc1ccc(N(C)C)cc1. The molecule has 0 amide bonds. The maximum atomic E-state index is 11.2. The molecule has 0 aromatic heterocycles. The first-order valence-corrected chi connectivity index (χ1v) is 6.98. The van der Waals surface area contributed by atoms with Crippen LogP contribution >= 0.6 is 0 Å². The van der Waals surface area contributed by atoms with Crippen LogP contribution in [0.2, 0.25) is 0 Å². The monoisotopic (exact) mass is 292 g/mol. The number of hydrogen-bond acceptors (Lipinski definition) is 5. The third-order valence-electron chi connectivity index (χ3n) is 3.03. The first kappa shape index (κ1) is 17.2. The molecule has 21 heavy (non-hydrogen) atoms. The molecule has 0 saturated carbocycles. The first-order valence-electron chi connectivity index (χ1n) is 6.98. The van der Waals surface area contributed by atoms with Gasteiger partial charge in [-0.1, -0.05) is 12.1 Å². The van der Waals surface area contributed by atoms with Gasteiger partial charge in [-0.05, 0) is 31.7 Å². The lowest BCUT2D eigenvalue weighted by molar-refractivity contribution is -0.146. The molecule has 0 heterocycles. The maximum Gasteiger partial charge on any atom is 0.313 e. The van der Waals surface area contributed by atoms with Gasteiger partial charge in [-0.3, -0.25) is 14.5 Å². The zero-order chi connectivity index (χ0) is 15.8. The number of carbonyl (C=O) groups is 2. The third-order valence-corrected chi connectivity index (χ3v) is 3.03. The molecule has 0 spiro atoms. The van der Waals surface area contributed by atoms with Gasteiger partial charge in [0.25, 0.3) is 0 Å². The van der Waals surface area contributed by atoms with Gasteiger partial charge in [-0.25, -0.2) is 0 Å². The normalized spacial score (nSPS) is 10.5. The zero-order valence-electron chi connectivity index (χ0n) is 13.3. The van der Waals surface area contributed by atoms with Crippen molar-refractivity contribution >= 4 is 17.4 Å². The topological polar surface area (TPSA) is 49.9 Å². The molecule has 0 unspecified atom stereocenters. The molecule has 0 fully saturated rings. The Morgan fingerprint density at radius 2 is 1.71 bits per heavy atom. The lowest BCUT2D eigenvalue weighted by Gasteiger charge is -2.18. The van der Waals surface area contributed by atoms with Crippen LogP contribution < -0.4 is 4.90 Å². The summed E-state index contributed by atoms with van der Waals surface area (Å²) in [5, 5.41) is 0. The number of nitrogens with zero attached hydrogens (tertiary/aromatic N) is 2. The summed E-state index contributed by atoms with van der Waals surface area (Å²) < 4.78 is 5.00. The van der Waals surface area contributed by atoms with Crippen molar-refractivity contribution in [2.45, 2.75) is 19.9 Å². The number of hydrogen-bond donors (Lipinski definition) is 0. The van der Waals surface area contributed by atoms with Crippen molar-refractivity contribution in [3.8, 4) is 0 Å². The zero-order valence-corrected chi connectivity index (χ0v) is 13.3.